The van der Waals surface area contributed by atoms with Crippen LogP contribution in [-0.2, 0) is 25.7 Å². The Morgan fingerprint density at radius 1 is 1.08 bits per heavy atom. The smallest absolute Gasteiger partial charge is 0.408 e. The average Bonchev–Trinajstić information content (AvgIpc) is 2.56. The summed E-state index contributed by atoms with van der Waals surface area (Å²) < 4.78 is 4.96. The van der Waals surface area contributed by atoms with E-state index in [-0.39, 0.29) is 13.0 Å². The number of aliphatic carboxylic acids is 2. The van der Waals surface area contributed by atoms with Crippen LogP contribution in [0.5, 0.6) is 0 Å². The van der Waals surface area contributed by atoms with Gasteiger partial charge in [0.15, 0.2) is 0 Å². The highest BCUT2D eigenvalue weighted by atomic mass is 16.5. The Bertz CT molecular complexity index is 618. The molecule has 0 spiro atoms. The third-order valence-electron chi connectivity index (χ3n) is 3.20. The second-order valence-corrected chi connectivity index (χ2v) is 5.26. The largest absolute Gasteiger partial charge is 0.481 e. The fraction of sp³-hybridized carbons (Fsp3) is 0.375. The number of carbonyl (C=O) groups is 4. The summed E-state index contributed by atoms with van der Waals surface area (Å²) in [6.07, 6.45) is -1.50. The molecule has 2 atom stereocenters. The molecule has 0 radical (unpaired) electrons. The first-order chi connectivity index (χ1) is 11.8. The van der Waals surface area contributed by atoms with E-state index in [9.17, 15) is 19.2 Å². The second kappa shape index (κ2) is 9.91. The van der Waals surface area contributed by atoms with Crippen LogP contribution >= 0.6 is 0 Å². The maximum absolute atomic E-state index is 11.9. The van der Waals surface area contributed by atoms with E-state index < -0.39 is 42.4 Å². The molecule has 0 fully saturated rings. The van der Waals surface area contributed by atoms with Gasteiger partial charge in [0, 0.05) is 6.42 Å². The minimum Gasteiger partial charge on any atom is -0.481 e. The zero-order chi connectivity index (χ0) is 18.8. The van der Waals surface area contributed by atoms with Gasteiger partial charge in [-0.05, 0) is 18.9 Å². The lowest BCUT2D eigenvalue weighted by Gasteiger charge is -2.18. The summed E-state index contributed by atoms with van der Waals surface area (Å²) in [5, 5.41) is 22.0. The Morgan fingerprint density at radius 3 is 2.28 bits per heavy atom. The molecule has 1 rings (SSSR count). The summed E-state index contributed by atoms with van der Waals surface area (Å²) in [6, 6.07) is 6.53. The van der Waals surface area contributed by atoms with Crippen molar-refractivity contribution in [3.8, 4) is 0 Å². The quantitative estimate of drug-likeness (QED) is 0.513. The molecule has 0 saturated heterocycles. The average molecular weight is 352 g/mol. The lowest BCUT2D eigenvalue weighted by Crippen LogP contribution is -2.50. The summed E-state index contributed by atoms with van der Waals surface area (Å²) in [7, 11) is 0. The molecule has 1 aromatic carbocycles. The van der Waals surface area contributed by atoms with Gasteiger partial charge in [0.25, 0.3) is 0 Å². The molecule has 0 aliphatic carbocycles. The number of hydrogen-bond donors (Lipinski definition) is 4. The number of hydrogen-bond acceptors (Lipinski definition) is 5. The van der Waals surface area contributed by atoms with Crippen LogP contribution in [0.1, 0.15) is 25.3 Å². The number of carboxylic acid groups (broad SMARTS) is 2. The van der Waals surface area contributed by atoms with E-state index in [1.165, 1.54) is 6.92 Å². The van der Waals surface area contributed by atoms with Gasteiger partial charge < -0.3 is 25.6 Å². The SMILES string of the molecule is CC(NC(=O)OCc1ccccc1)C(=O)NC(CCC(=O)O)C(=O)O. The second-order valence-electron chi connectivity index (χ2n) is 5.26. The predicted octanol–water partition coefficient (Wildman–Crippen LogP) is 0.735. The summed E-state index contributed by atoms with van der Waals surface area (Å²) in [5.74, 6) is -3.28. The predicted molar refractivity (Wildman–Crippen MR) is 85.7 cm³/mol. The van der Waals surface area contributed by atoms with Gasteiger partial charge in [-0.2, -0.15) is 0 Å². The van der Waals surface area contributed by atoms with Crippen molar-refractivity contribution in [2.24, 2.45) is 0 Å². The van der Waals surface area contributed by atoms with Crippen LogP contribution in [0.2, 0.25) is 0 Å². The number of carboxylic acids is 2. The molecule has 0 bridgehead atoms. The Labute approximate surface area is 144 Å². The van der Waals surface area contributed by atoms with Gasteiger partial charge >= 0.3 is 18.0 Å². The van der Waals surface area contributed by atoms with Gasteiger partial charge in [-0.15, -0.1) is 0 Å². The Kier molecular flexibility index (Phi) is 7.91. The standard InChI is InChI=1S/C16H20N2O7/c1-10(14(21)18-12(15(22)23)7-8-13(19)20)17-16(24)25-9-11-5-3-2-4-6-11/h2-6,10,12H,7-9H2,1H3,(H,17,24)(H,18,21)(H,19,20)(H,22,23). The molecule has 9 nitrogen and oxygen atoms in total. The number of rotatable bonds is 9. The van der Waals surface area contributed by atoms with Crippen molar-refractivity contribution >= 4 is 23.9 Å². The summed E-state index contributed by atoms with van der Waals surface area (Å²) >= 11 is 0. The Balaban J connectivity index is 2.44. The van der Waals surface area contributed by atoms with Gasteiger partial charge in [0.2, 0.25) is 5.91 Å². The van der Waals surface area contributed by atoms with Crippen LogP contribution in [0.15, 0.2) is 30.3 Å². The third kappa shape index (κ3) is 7.82. The molecule has 0 aromatic heterocycles. The van der Waals surface area contributed by atoms with Crippen LogP contribution in [-0.4, -0.2) is 46.2 Å². The molecule has 4 N–H and O–H groups in total. The molecule has 0 heterocycles. The summed E-state index contributed by atoms with van der Waals surface area (Å²) in [4.78, 5) is 45.1. The van der Waals surface area contributed by atoms with Gasteiger partial charge in [-0.3, -0.25) is 9.59 Å². The molecule has 0 aliphatic rings. The van der Waals surface area contributed by atoms with Crippen molar-refractivity contribution in [2.45, 2.75) is 38.5 Å². The maximum Gasteiger partial charge on any atom is 0.408 e. The first kappa shape index (κ1) is 19.9. The molecular formula is C16H20N2O7. The first-order valence-corrected chi connectivity index (χ1v) is 7.51. The van der Waals surface area contributed by atoms with E-state index in [2.05, 4.69) is 10.6 Å². The Hall–Kier alpha value is -3.10. The third-order valence-corrected chi connectivity index (χ3v) is 3.20. The fourth-order valence-electron chi connectivity index (χ4n) is 1.83. The molecule has 2 unspecified atom stereocenters. The van der Waals surface area contributed by atoms with Crippen LogP contribution in [0.25, 0.3) is 0 Å². The molecule has 1 aromatic rings. The highest BCUT2D eigenvalue weighted by molar-refractivity contribution is 5.89. The minimum absolute atomic E-state index is 0.0252. The van der Waals surface area contributed by atoms with Crippen molar-refractivity contribution in [3.63, 3.8) is 0 Å². The van der Waals surface area contributed by atoms with Crippen molar-refractivity contribution < 1.29 is 34.1 Å². The van der Waals surface area contributed by atoms with Crippen LogP contribution in [0.3, 0.4) is 0 Å². The van der Waals surface area contributed by atoms with E-state index >= 15 is 0 Å². The van der Waals surface area contributed by atoms with E-state index in [1.807, 2.05) is 6.07 Å². The number of carbonyl (C=O) groups excluding carboxylic acids is 2. The zero-order valence-electron chi connectivity index (χ0n) is 13.6. The number of alkyl carbamates (subject to hydrolysis) is 1. The van der Waals surface area contributed by atoms with Crippen LogP contribution < -0.4 is 10.6 Å². The number of ether oxygens (including phenoxy) is 1. The zero-order valence-corrected chi connectivity index (χ0v) is 13.6. The van der Waals surface area contributed by atoms with Crippen molar-refractivity contribution in [1.29, 1.82) is 0 Å². The topological polar surface area (TPSA) is 142 Å². The molecule has 0 aliphatic heterocycles. The number of nitrogens with one attached hydrogen (secondary N) is 2. The lowest BCUT2D eigenvalue weighted by atomic mass is 10.1. The minimum atomic E-state index is -1.35. The number of benzene rings is 1. The molecule has 2 amide bonds. The van der Waals surface area contributed by atoms with Crippen molar-refractivity contribution in [1.82, 2.24) is 10.6 Å². The monoisotopic (exact) mass is 352 g/mol. The van der Waals surface area contributed by atoms with E-state index in [0.29, 0.717) is 0 Å². The van der Waals surface area contributed by atoms with Crippen LogP contribution in [0, 0.1) is 0 Å². The Morgan fingerprint density at radius 2 is 1.72 bits per heavy atom. The molecule has 25 heavy (non-hydrogen) atoms. The normalized spacial score (nSPS) is 12.5. The fourth-order valence-corrected chi connectivity index (χ4v) is 1.83. The van der Waals surface area contributed by atoms with Crippen LogP contribution in [0.4, 0.5) is 4.79 Å². The highest BCUT2D eigenvalue weighted by Gasteiger charge is 2.24. The van der Waals surface area contributed by atoms with E-state index in [0.717, 1.165) is 5.56 Å². The van der Waals surface area contributed by atoms with Gasteiger partial charge in [0.1, 0.15) is 18.7 Å². The van der Waals surface area contributed by atoms with Gasteiger partial charge in [-0.25, -0.2) is 9.59 Å². The molecule has 9 heteroatoms. The summed E-state index contributed by atoms with van der Waals surface area (Å²) in [5.41, 5.74) is 0.773. The van der Waals surface area contributed by atoms with Gasteiger partial charge in [0.05, 0.1) is 0 Å². The summed E-state index contributed by atoms with van der Waals surface area (Å²) in [6.45, 7) is 1.38. The maximum atomic E-state index is 11.9. The lowest BCUT2D eigenvalue weighted by molar-refractivity contribution is -0.143. The van der Waals surface area contributed by atoms with E-state index in [4.69, 9.17) is 14.9 Å². The molecule has 0 saturated carbocycles. The first-order valence-electron chi connectivity index (χ1n) is 7.51. The number of amides is 2. The van der Waals surface area contributed by atoms with Crippen molar-refractivity contribution in [2.75, 3.05) is 0 Å². The van der Waals surface area contributed by atoms with E-state index in [1.54, 1.807) is 24.3 Å². The van der Waals surface area contributed by atoms with Gasteiger partial charge in [-0.1, -0.05) is 30.3 Å². The molecule has 136 valence electrons. The van der Waals surface area contributed by atoms with Crippen molar-refractivity contribution in [3.05, 3.63) is 35.9 Å². The molecular weight excluding hydrogens is 332 g/mol. The highest BCUT2D eigenvalue weighted by Crippen LogP contribution is 2.02.